The van der Waals surface area contributed by atoms with Crippen molar-refractivity contribution < 1.29 is 4.39 Å². The van der Waals surface area contributed by atoms with E-state index in [0.29, 0.717) is 12.5 Å². The average Bonchev–Trinajstić information content (AvgIpc) is 3.10. The summed E-state index contributed by atoms with van der Waals surface area (Å²) in [5.41, 5.74) is 2.05. The van der Waals surface area contributed by atoms with Crippen LogP contribution in [0, 0.1) is 5.82 Å². The van der Waals surface area contributed by atoms with E-state index in [1.165, 1.54) is 11.6 Å². The summed E-state index contributed by atoms with van der Waals surface area (Å²) in [6, 6.07) is 17.5. The molecule has 28 heavy (non-hydrogen) atoms. The van der Waals surface area contributed by atoms with Crippen LogP contribution in [0.3, 0.4) is 0 Å². The van der Waals surface area contributed by atoms with E-state index in [1.807, 2.05) is 18.2 Å². The van der Waals surface area contributed by atoms with Gasteiger partial charge < -0.3 is 4.57 Å². The predicted molar refractivity (Wildman–Crippen MR) is 111 cm³/mol. The third kappa shape index (κ3) is 4.45. The van der Waals surface area contributed by atoms with Gasteiger partial charge in [0.25, 0.3) is 0 Å². The van der Waals surface area contributed by atoms with Crippen molar-refractivity contribution in [3.8, 4) is 0 Å². The van der Waals surface area contributed by atoms with Crippen molar-refractivity contribution in [2.45, 2.75) is 36.2 Å². The molecule has 4 rings (SSSR count). The first-order chi connectivity index (χ1) is 13.7. The number of rotatable bonds is 6. The minimum absolute atomic E-state index is 0.122. The highest BCUT2D eigenvalue weighted by atomic mass is 32.2. The van der Waals surface area contributed by atoms with Gasteiger partial charge >= 0.3 is 0 Å². The summed E-state index contributed by atoms with van der Waals surface area (Å²) >= 11 is 1.72. The first kappa shape index (κ1) is 19.2. The second kappa shape index (κ2) is 8.88. The van der Waals surface area contributed by atoms with E-state index >= 15 is 0 Å². The molecule has 0 saturated carbocycles. The SMILES string of the molecule is Cn1c(SCc2ccccc2)nnc1C1CCCN(Cc2ccccc2F)C1. The molecule has 0 N–H and O–H groups in total. The molecule has 1 saturated heterocycles. The van der Waals surface area contributed by atoms with Gasteiger partial charge in [-0.1, -0.05) is 60.3 Å². The van der Waals surface area contributed by atoms with Crippen LogP contribution in [0.4, 0.5) is 4.39 Å². The fourth-order valence-electron chi connectivity index (χ4n) is 3.81. The van der Waals surface area contributed by atoms with E-state index in [-0.39, 0.29) is 5.82 Å². The Morgan fingerprint density at radius 1 is 1.07 bits per heavy atom. The van der Waals surface area contributed by atoms with E-state index in [0.717, 1.165) is 48.2 Å². The van der Waals surface area contributed by atoms with Gasteiger partial charge in [0.05, 0.1) is 0 Å². The van der Waals surface area contributed by atoms with Gasteiger partial charge in [-0.05, 0) is 31.0 Å². The van der Waals surface area contributed by atoms with Crippen molar-refractivity contribution in [1.29, 1.82) is 0 Å². The maximum atomic E-state index is 14.0. The maximum absolute atomic E-state index is 14.0. The molecule has 0 radical (unpaired) electrons. The van der Waals surface area contributed by atoms with E-state index < -0.39 is 0 Å². The molecule has 6 heteroatoms. The van der Waals surface area contributed by atoms with Gasteiger partial charge in [0, 0.05) is 37.4 Å². The normalized spacial score (nSPS) is 17.7. The fraction of sp³-hybridized carbons (Fsp3) is 0.364. The Balaban J connectivity index is 1.41. The van der Waals surface area contributed by atoms with Crippen LogP contribution in [-0.2, 0) is 19.3 Å². The number of piperidine rings is 1. The molecule has 1 aliphatic heterocycles. The number of nitrogens with zero attached hydrogens (tertiary/aromatic N) is 4. The molecule has 2 heterocycles. The quantitative estimate of drug-likeness (QED) is 0.569. The molecule has 1 aliphatic rings. The molecule has 1 atom stereocenters. The van der Waals surface area contributed by atoms with Crippen molar-refractivity contribution in [3.63, 3.8) is 0 Å². The highest BCUT2D eigenvalue weighted by Crippen LogP contribution is 2.29. The summed E-state index contributed by atoms with van der Waals surface area (Å²) in [7, 11) is 2.05. The lowest BCUT2D eigenvalue weighted by atomic mass is 9.96. The number of hydrogen-bond donors (Lipinski definition) is 0. The van der Waals surface area contributed by atoms with Gasteiger partial charge in [-0.2, -0.15) is 0 Å². The van der Waals surface area contributed by atoms with Gasteiger partial charge in [-0.3, -0.25) is 4.90 Å². The number of thioether (sulfide) groups is 1. The minimum atomic E-state index is -0.122. The van der Waals surface area contributed by atoms with Crippen molar-refractivity contribution >= 4 is 11.8 Å². The van der Waals surface area contributed by atoms with Crippen LogP contribution >= 0.6 is 11.8 Å². The van der Waals surface area contributed by atoms with Crippen LogP contribution < -0.4 is 0 Å². The fourth-order valence-corrected chi connectivity index (χ4v) is 4.68. The summed E-state index contributed by atoms with van der Waals surface area (Å²) in [5.74, 6) is 2.14. The van der Waals surface area contributed by atoms with Gasteiger partial charge in [-0.25, -0.2) is 4.39 Å². The zero-order valence-electron chi connectivity index (χ0n) is 16.1. The molecule has 0 spiro atoms. The molecule has 3 aromatic rings. The number of likely N-dealkylation sites (tertiary alicyclic amines) is 1. The van der Waals surface area contributed by atoms with Crippen LogP contribution in [-0.4, -0.2) is 32.8 Å². The first-order valence-electron chi connectivity index (χ1n) is 9.72. The van der Waals surface area contributed by atoms with E-state index in [4.69, 9.17) is 0 Å². The molecule has 0 amide bonds. The summed E-state index contributed by atoms with van der Waals surface area (Å²) < 4.78 is 16.1. The monoisotopic (exact) mass is 396 g/mol. The summed E-state index contributed by atoms with van der Waals surface area (Å²) in [6.07, 6.45) is 2.20. The Labute approximate surface area is 169 Å². The molecule has 1 aromatic heterocycles. The predicted octanol–water partition coefficient (Wildman–Crippen LogP) is 4.63. The second-order valence-corrected chi connectivity index (χ2v) is 8.28. The molecule has 1 unspecified atom stereocenters. The molecule has 2 aromatic carbocycles. The molecule has 0 bridgehead atoms. The van der Waals surface area contributed by atoms with E-state index in [9.17, 15) is 4.39 Å². The smallest absolute Gasteiger partial charge is 0.191 e. The van der Waals surface area contributed by atoms with Crippen LogP contribution in [0.1, 0.15) is 35.7 Å². The lowest BCUT2D eigenvalue weighted by Gasteiger charge is -2.32. The third-order valence-corrected chi connectivity index (χ3v) is 6.39. The highest BCUT2D eigenvalue weighted by Gasteiger charge is 2.26. The van der Waals surface area contributed by atoms with E-state index in [2.05, 4.69) is 51.0 Å². The molecule has 146 valence electrons. The van der Waals surface area contributed by atoms with Crippen molar-refractivity contribution in [3.05, 3.63) is 77.4 Å². The summed E-state index contributed by atoms with van der Waals surface area (Å²) in [6.45, 7) is 2.54. The van der Waals surface area contributed by atoms with Crippen molar-refractivity contribution in [1.82, 2.24) is 19.7 Å². The Kier molecular flexibility index (Phi) is 6.07. The Hall–Kier alpha value is -2.18. The van der Waals surface area contributed by atoms with Gasteiger partial charge in [0.15, 0.2) is 5.16 Å². The van der Waals surface area contributed by atoms with Gasteiger partial charge in [-0.15, -0.1) is 10.2 Å². The summed E-state index contributed by atoms with van der Waals surface area (Å²) in [5, 5.41) is 9.88. The average molecular weight is 397 g/mol. The molecular weight excluding hydrogens is 371 g/mol. The highest BCUT2D eigenvalue weighted by molar-refractivity contribution is 7.98. The van der Waals surface area contributed by atoms with Gasteiger partial charge in [0.2, 0.25) is 0 Å². The van der Waals surface area contributed by atoms with Crippen molar-refractivity contribution in [2.75, 3.05) is 13.1 Å². The minimum Gasteiger partial charge on any atom is -0.309 e. The Morgan fingerprint density at radius 2 is 1.86 bits per heavy atom. The Morgan fingerprint density at radius 3 is 2.68 bits per heavy atom. The standard InChI is InChI=1S/C22H25FN4S/c1-26-21(24-25-22(26)28-16-17-8-3-2-4-9-17)19-11-7-13-27(15-19)14-18-10-5-6-12-20(18)23/h2-6,8-10,12,19H,7,11,13-16H2,1H3. The zero-order chi connectivity index (χ0) is 19.3. The molecule has 4 nitrogen and oxygen atoms in total. The lowest BCUT2D eigenvalue weighted by Crippen LogP contribution is -2.35. The molecule has 0 aliphatic carbocycles. The summed E-state index contributed by atoms with van der Waals surface area (Å²) in [4.78, 5) is 2.33. The van der Waals surface area contributed by atoms with Gasteiger partial charge in [0.1, 0.15) is 11.6 Å². The topological polar surface area (TPSA) is 34.0 Å². The largest absolute Gasteiger partial charge is 0.309 e. The van der Waals surface area contributed by atoms with Crippen LogP contribution in [0.15, 0.2) is 59.8 Å². The number of halogens is 1. The zero-order valence-corrected chi connectivity index (χ0v) is 16.9. The molecular formula is C22H25FN4S. The lowest BCUT2D eigenvalue weighted by molar-refractivity contribution is 0.192. The molecule has 1 fully saturated rings. The number of aromatic nitrogens is 3. The second-order valence-electron chi connectivity index (χ2n) is 7.34. The van der Waals surface area contributed by atoms with Crippen LogP contribution in [0.5, 0.6) is 0 Å². The van der Waals surface area contributed by atoms with Crippen LogP contribution in [0.25, 0.3) is 0 Å². The van der Waals surface area contributed by atoms with Crippen LogP contribution in [0.2, 0.25) is 0 Å². The number of hydrogen-bond acceptors (Lipinski definition) is 4. The van der Waals surface area contributed by atoms with E-state index in [1.54, 1.807) is 17.8 Å². The maximum Gasteiger partial charge on any atom is 0.191 e. The number of benzene rings is 2. The first-order valence-corrected chi connectivity index (χ1v) is 10.7. The third-order valence-electron chi connectivity index (χ3n) is 5.30. The Bertz CT molecular complexity index is 912. The van der Waals surface area contributed by atoms with Crippen molar-refractivity contribution in [2.24, 2.45) is 7.05 Å².